The van der Waals surface area contributed by atoms with Gasteiger partial charge in [-0.05, 0) is 36.8 Å². The van der Waals surface area contributed by atoms with Crippen LogP contribution in [0.25, 0.3) is 11.0 Å². The molecule has 0 saturated carbocycles. The standard InChI is InChI=1S/C18H15F2N3O2/c1-11(12-6-7-13(19)14(20)8-12)22-17(24)10-23-16-5-3-2-4-15(16)21-9-18(23)25/h2-9,11H,10H2,1H3,(H,22,24). The molecule has 128 valence electrons. The Morgan fingerprint density at radius 2 is 1.96 bits per heavy atom. The molecule has 0 saturated heterocycles. The maximum atomic E-state index is 13.3. The molecule has 25 heavy (non-hydrogen) atoms. The van der Waals surface area contributed by atoms with Gasteiger partial charge in [-0.25, -0.2) is 13.8 Å². The Bertz CT molecular complexity index is 1000. The fourth-order valence-corrected chi connectivity index (χ4v) is 2.57. The molecule has 0 bridgehead atoms. The number of carbonyl (C=O) groups is 1. The first-order valence-electron chi connectivity index (χ1n) is 7.64. The Hall–Kier alpha value is -3.09. The van der Waals surface area contributed by atoms with E-state index in [-0.39, 0.29) is 6.54 Å². The average Bonchev–Trinajstić information content (AvgIpc) is 2.59. The van der Waals surface area contributed by atoms with Crippen LogP contribution in [-0.2, 0) is 11.3 Å². The Kier molecular flexibility index (Phi) is 4.56. The fraction of sp³-hybridized carbons (Fsp3) is 0.167. The number of carbonyl (C=O) groups excluding carboxylic acids is 1. The minimum Gasteiger partial charge on any atom is -0.348 e. The fourth-order valence-electron chi connectivity index (χ4n) is 2.57. The van der Waals surface area contributed by atoms with Gasteiger partial charge in [-0.2, -0.15) is 0 Å². The molecule has 1 atom stereocenters. The third-order valence-corrected chi connectivity index (χ3v) is 3.88. The second-order valence-electron chi connectivity index (χ2n) is 5.63. The van der Waals surface area contributed by atoms with Crippen molar-refractivity contribution in [2.75, 3.05) is 0 Å². The summed E-state index contributed by atoms with van der Waals surface area (Å²) in [5.74, 6) is -2.34. The van der Waals surface area contributed by atoms with Crippen molar-refractivity contribution >= 4 is 16.9 Å². The van der Waals surface area contributed by atoms with Gasteiger partial charge in [0.1, 0.15) is 6.54 Å². The van der Waals surface area contributed by atoms with E-state index in [1.807, 2.05) is 0 Å². The number of rotatable bonds is 4. The van der Waals surface area contributed by atoms with E-state index in [9.17, 15) is 18.4 Å². The van der Waals surface area contributed by atoms with E-state index < -0.39 is 29.1 Å². The van der Waals surface area contributed by atoms with Crippen LogP contribution in [0.2, 0.25) is 0 Å². The zero-order valence-electron chi connectivity index (χ0n) is 13.4. The van der Waals surface area contributed by atoms with Crippen LogP contribution in [0.3, 0.4) is 0 Å². The third-order valence-electron chi connectivity index (χ3n) is 3.88. The van der Waals surface area contributed by atoms with Crippen LogP contribution in [0.15, 0.2) is 53.5 Å². The quantitative estimate of drug-likeness (QED) is 0.792. The van der Waals surface area contributed by atoms with Crippen molar-refractivity contribution < 1.29 is 13.6 Å². The summed E-state index contributed by atoms with van der Waals surface area (Å²) in [6.45, 7) is 1.45. The van der Waals surface area contributed by atoms with Gasteiger partial charge >= 0.3 is 0 Å². The smallest absolute Gasteiger partial charge is 0.269 e. The molecule has 0 fully saturated rings. The van der Waals surface area contributed by atoms with Crippen LogP contribution in [0.1, 0.15) is 18.5 Å². The number of hydrogen-bond donors (Lipinski definition) is 1. The molecule has 1 aromatic heterocycles. The van der Waals surface area contributed by atoms with Crippen LogP contribution in [0.5, 0.6) is 0 Å². The molecule has 3 aromatic rings. The van der Waals surface area contributed by atoms with Gasteiger partial charge in [-0.15, -0.1) is 0 Å². The number of nitrogens with one attached hydrogen (secondary N) is 1. The van der Waals surface area contributed by atoms with E-state index >= 15 is 0 Å². The summed E-state index contributed by atoms with van der Waals surface area (Å²) < 4.78 is 27.6. The van der Waals surface area contributed by atoms with Gasteiger partial charge in [-0.1, -0.05) is 18.2 Å². The van der Waals surface area contributed by atoms with E-state index in [4.69, 9.17) is 0 Å². The predicted octanol–water partition coefficient (Wildman–Crippen LogP) is 2.55. The van der Waals surface area contributed by atoms with Gasteiger partial charge in [0.05, 0.1) is 23.3 Å². The van der Waals surface area contributed by atoms with Crippen LogP contribution in [0.4, 0.5) is 8.78 Å². The molecule has 1 unspecified atom stereocenters. The van der Waals surface area contributed by atoms with Crippen LogP contribution < -0.4 is 10.9 Å². The SMILES string of the molecule is CC(NC(=O)Cn1c(=O)cnc2ccccc21)c1ccc(F)c(F)c1. The van der Waals surface area contributed by atoms with E-state index in [1.165, 1.54) is 10.6 Å². The van der Waals surface area contributed by atoms with Gasteiger partial charge in [0.15, 0.2) is 11.6 Å². The van der Waals surface area contributed by atoms with Crippen molar-refractivity contribution in [3.63, 3.8) is 0 Å². The number of nitrogens with zero attached hydrogens (tertiary/aromatic N) is 2. The summed E-state index contributed by atoms with van der Waals surface area (Å²) in [5, 5.41) is 2.68. The normalized spacial score (nSPS) is 12.1. The van der Waals surface area contributed by atoms with E-state index in [0.29, 0.717) is 16.6 Å². The van der Waals surface area contributed by atoms with E-state index in [1.54, 1.807) is 31.2 Å². The summed E-state index contributed by atoms with van der Waals surface area (Å²) in [6, 6.07) is 9.89. The van der Waals surface area contributed by atoms with E-state index in [2.05, 4.69) is 10.3 Å². The summed E-state index contributed by atoms with van der Waals surface area (Å²) >= 11 is 0. The van der Waals surface area contributed by atoms with Crippen molar-refractivity contribution in [1.29, 1.82) is 0 Å². The molecule has 0 radical (unpaired) electrons. The van der Waals surface area contributed by atoms with Crippen LogP contribution in [0, 0.1) is 11.6 Å². The second-order valence-corrected chi connectivity index (χ2v) is 5.63. The number of amides is 1. The first kappa shape index (κ1) is 16.8. The van der Waals surface area contributed by atoms with Crippen molar-refractivity contribution in [3.05, 3.63) is 76.2 Å². The molecule has 2 aromatic carbocycles. The molecule has 1 amide bonds. The van der Waals surface area contributed by atoms with Gasteiger partial charge < -0.3 is 5.32 Å². The molecule has 0 aliphatic heterocycles. The molecule has 0 spiro atoms. The van der Waals surface area contributed by atoms with Gasteiger partial charge in [0, 0.05) is 0 Å². The highest BCUT2D eigenvalue weighted by atomic mass is 19.2. The number of fused-ring (bicyclic) bond motifs is 1. The van der Waals surface area contributed by atoms with Crippen molar-refractivity contribution in [2.24, 2.45) is 0 Å². The molecule has 3 rings (SSSR count). The average molecular weight is 343 g/mol. The third kappa shape index (κ3) is 3.55. The lowest BCUT2D eigenvalue weighted by atomic mass is 10.1. The highest BCUT2D eigenvalue weighted by Crippen LogP contribution is 2.16. The zero-order valence-corrected chi connectivity index (χ0v) is 13.4. The Morgan fingerprint density at radius 3 is 2.72 bits per heavy atom. The molecular weight excluding hydrogens is 328 g/mol. The number of para-hydroxylation sites is 2. The Labute approximate surface area is 141 Å². The van der Waals surface area contributed by atoms with Crippen molar-refractivity contribution in [3.8, 4) is 0 Å². The van der Waals surface area contributed by atoms with E-state index in [0.717, 1.165) is 18.3 Å². The molecule has 0 aliphatic rings. The highest BCUT2D eigenvalue weighted by molar-refractivity contribution is 5.80. The Balaban J connectivity index is 1.80. The maximum absolute atomic E-state index is 13.3. The predicted molar refractivity (Wildman–Crippen MR) is 88.9 cm³/mol. The largest absolute Gasteiger partial charge is 0.348 e. The second kappa shape index (κ2) is 6.80. The zero-order chi connectivity index (χ0) is 18.0. The lowest BCUT2D eigenvalue weighted by Gasteiger charge is -2.16. The molecular formula is C18H15F2N3O2. The molecule has 5 nitrogen and oxygen atoms in total. The van der Waals surface area contributed by atoms with Crippen LogP contribution >= 0.6 is 0 Å². The minimum absolute atomic E-state index is 0.199. The van der Waals surface area contributed by atoms with Crippen molar-refractivity contribution in [1.82, 2.24) is 14.9 Å². The monoisotopic (exact) mass is 343 g/mol. The van der Waals surface area contributed by atoms with Gasteiger partial charge in [0.2, 0.25) is 5.91 Å². The molecule has 1 N–H and O–H groups in total. The summed E-state index contributed by atoms with van der Waals surface area (Å²) in [6.07, 6.45) is 1.16. The summed E-state index contributed by atoms with van der Waals surface area (Å²) in [4.78, 5) is 28.4. The first-order valence-corrected chi connectivity index (χ1v) is 7.64. The topological polar surface area (TPSA) is 64.0 Å². The van der Waals surface area contributed by atoms with Gasteiger partial charge in [0.25, 0.3) is 5.56 Å². The van der Waals surface area contributed by atoms with Gasteiger partial charge in [-0.3, -0.25) is 14.2 Å². The maximum Gasteiger partial charge on any atom is 0.269 e. The number of benzene rings is 2. The molecule has 7 heteroatoms. The Morgan fingerprint density at radius 1 is 1.20 bits per heavy atom. The molecule has 1 heterocycles. The lowest BCUT2D eigenvalue weighted by Crippen LogP contribution is -2.34. The molecule has 0 aliphatic carbocycles. The minimum atomic E-state index is -0.977. The number of halogens is 2. The highest BCUT2D eigenvalue weighted by Gasteiger charge is 2.14. The van der Waals surface area contributed by atoms with Crippen molar-refractivity contribution in [2.45, 2.75) is 19.5 Å². The first-order chi connectivity index (χ1) is 12.0. The summed E-state index contributed by atoms with van der Waals surface area (Å²) in [5.41, 5.74) is 1.18. The van der Waals surface area contributed by atoms with Crippen LogP contribution in [-0.4, -0.2) is 15.5 Å². The lowest BCUT2D eigenvalue weighted by molar-refractivity contribution is -0.122. The number of hydrogen-bond acceptors (Lipinski definition) is 3. The summed E-state index contributed by atoms with van der Waals surface area (Å²) in [7, 11) is 0. The number of aromatic nitrogens is 2.